The number of hydrogen-bond acceptors (Lipinski definition) is 5. The van der Waals surface area contributed by atoms with Crippen molar-refractivity contribution in [2.75, 3.05) is 17.7 Å². The van der Waals surface area contributed by atoms with Crippen LogP contribution in [0.25, 0.3) is 0 Å². The minimum atomic E-state index is -0.373. The van der Waals surface area contributed by atoms with E-state index in [4.69, 9.17) is 0 Å². The van der Waals surface area contributed by atoms with Crippen LogP contribution >= 0.6 is 0 Å². The predicted octanol–water partition coefficient (Wildman–Crippen LogP) is 3.66. The Morgan fingerprint density at radius 2 is 2.05 bits per heavy atom. The first-order valence-corrected chi connectivity index (χ1v) is 7.62. The summed E-state index contributed by atoms with van der Waals surface area (Å²) in [6, 6.07) is 3.40. The van der Waals surface area contributed by atoms with Gasteiger partial charge in [-0.3, -0.25) is 10.1 Å². The average molecular weight is 292 g/mol. The van der Waals surface area contributed by atoms with Crippen LogP contribution in [-0.4, -0.2) is 23.0 Å². The Balaban J connectivity index is 2.25. The van der Waals surface area contributed by atoms with E-state index >= 15 is 0 Å². The lowest BCUT2D eigenvalue weighted by Crippen LogP contribution is -2.35. The Labute approximate surface area is 125 Å². The van der Waals surface area contributed by atoms with Crippen molar-refractivity contribution in [1.29, 1.82) is 0 Å². The van der Waals surface area contributed by atoms with E-state index in [0.717, 1.165) is 6.42 Å². The van der Waals surface area contributed by atoms with Crippen LogP contribution < -0.4 is 10.6 Å². The second-order valence-corrected chi connectivity index (χ2v) is 6.01. The number of nitrogens with zero attached hydrogens (tertiary/aromatic N) is 2. The highest BCUT2D eigenvalue weighted by Gasteiger charge is 2.29. The van der Waals surface area contributed by atoms with Crippen LogP contribution in [0.2, 0.25) is 0 Å². The highest BCUT2D eigenvalue weighted by atomic mass is 16.6. The molecule has 1 heterocycles. The molecule has 0 amide bonds. The molecule has 2 atom stereocenters. The molecular formula is C15H24N4O2. The first-order valence-electron chi connectivity index (χ1n) is 7.62. The summed E-state index contributed by atoms with van der Waals surface area (Å²) in [7, 11) is 1.76. The Bertz CT molecular complexity index is 504. The molecular weight excluding hydrogens is 268 g/mol. The van der Waals surface area contributed by atoms with Crippen molar-refractivity contribution in [1.82, 2.24) is 4.98 Å². The van der Waals surface area contributed by atoms with Crippen LogP contribution in [0, 0.1) is 22.0 Å². The monoisotopic (exact) mass is 292 g/mol. The number of aromatic nitrogens is 1. The van der Waals surface area contributed by atoms with Gasteiger partial charge in [-0.05, 0) is 30.7 Å². The summed E-state index contributed by atoms with van der Waals surface area (Å²) in [5.41, 5.74) is 0.0436. The normalized spacial score (nSPS) is 22.1. The van der Waals surface area contributed by atoms with E-state index in [1.54, 1.807) is 13.1 Å². The Hall–Kier alpha value is -1.85. The maximum absolute atomic E-state index is 11.2. The third kappa shape index (κ3) is 3.62. The van der Waals surface area contributed by atoms with Crippen LogP contribution in [0.15, 0.2) is 12.1 Å². The van der Waals surface area contributed by atoms with E-state index in [9.17, 15) is 10.1 Å². The van der Waals surface area contributed by atoms with Gasteiger partial charge in [-0.15, -0.1) is 0 Å². The van der Waals surface area contributed by atoms with Crippen molar-refractivity contribution in [3.8, 4) is 0 Å². The third-order valence-electron chi connectivity index (χ3n) is 4.32. The molecule has 0 aromatic carbocycles. The van der Waals surface area contributed by atoms with Gasteiger partial charge in [-0.25, -0.2) is 4.98 Å². The molecule has 1 saturated carbocycles. The summed E-state index contributed by atoms with van der Waals surface area (Å²) < 4.78 is 0. The molecule has 1 aromatic rings. The smallest absolute Gasteiger partial charge is 0.311 e. The summed E-state index contributed by atoms with van der Waals surface area (Å²) in [5.74, 6) is 2.12. The number of anilines is 2. The van der Waals surface area contributed by atoms with Gasteiger partial charge in [0.15, 0.2) is 0 Å². The number of pyridine rings is 1. The fourth-order valence-corrected chi connectivity index (χ4v) is 3.16. The molecule has 1 aliphatic rings. The van der Waals surface area contributed by atoms with E-state index in [0.29, 0.717) is 23.5 Å². The minimum absolute atomic E-state index is 0.0436. The molecule has 0 aliphatic heterocycles. The highest BCUT2D eigenvalue weighted by Crippen LogP contribution is 2.34. The van der Waals surface area contributed by atoms with E-state index in [-0.39, 0.29) is 16.7 Å². The topological polar surface area (TPSA) is 80.1 Å². The summed E-state index contributed by atoms with van der Waals surface area (Å²) in [4.78, 5) is 15.1. The lowest BCUT2D eigenvalue weighted by atomic mass is 9.78. The third-order valence-corrected chi connectivity index (χ3v) is 4.32. The quantitative estimate of drug-likeness (QED) is 0.639. The number of nitro groups is 1. The Kier molecular flexibility index (Phi) is 4.98. The zero-order valence-corrected chi connectivity index (χ0v) is 12.9. The van der Waals surface area contributed by atoms with Gasteiger partial charge in [0.2, 0.25) is 5.82 Å². The largest absolute Gasteiger partial charge is 0.373 e. The van der Waals surface area contributed by atoms with Crippen LogP contribution in [-0.2, 0) is 0 Å². The lowest BCUT2D eigenvalue weighted by molar-refractivity contribution is -0.384. The number of nitrogens with one attached hydrogen (secondary N) is 2. The van der Waals surface area contributed by atoms with Gasteiger partial charge in [-0.2, -0.15) is 0 Å². The van der Waals surface area contributed by atoms with E-state index in [1.807, 2.05) is 0 Å². The van der Waals surface area contributed by atoms with Crippen LogP contribution in [0.4, 0.5) is 17.3 Å². The summed E-state index contributed by atoms with van der Waals surface area (Å²) >= 11 is 0. The molecule has 1 fully saturated rings. The van der Waals surface area contributed by atoms with Crippen LogP contribution in [0.1, 0.15) is 39.5 Å². The predicted molar refractivity (Wildman–Crippen MR) is 84.6 cm³/mol. The van der Waals surface area contributed by atoms with Crippen molar-refractivity contribution in [2.24, 2.45) is 11.8 Å². The highest BCUT2D eigenvalue weighted by molar-refractivity contribution is 5.60. The van der Waals surface area contributed by atoms with Crippen molar-refractivity contribution < 1.29 is 4.92 Å². The molecule has 0 saturated heterocycles. The van der Waals surface area contributed by atoms with Crippen molar-refractivity contribution >= 4 is 17.3 Å². The Morgan fingerprint density at radius 1 is 1.33 bits per heavy atom. The fraction of sp³-hybridized carbons (Fsp3) is 0.667. The van der Waals surface area contributed by atoms with Gasteiger partial charge < -0.3 is 10.6 Å². The summed E-state index contributed by atoms with van der Waals surface area (Å²) in [5, 5.41) is 17.5. The molecule has 21 heavy (non-hydrogen) atoms. The number of hydrogen-bond donors (Lipinski definition) is 2. The van der Waals surface area contributed by atoms with Crippen molar-refractivity contribution in [3.05, 3.63) is 22.2 Å². The molecule has 1 aromatic heterocycles. The minimum Gasteiger partial charge on any atom is -0.373 e. The maximum atomic E-state index is 11.2. The van der Waals surface area contributed by atoms with Gasteiger partial charge in [0.05, 0.1) is 4.92 Å². The molecule has 2 N–H and O–H groups in total. The second kappa shape index (κ2) is 6.74. The van der Waals surface area contributed by atoms with Crippen LogP contribution in [0.5, 0.6) is 0 Å². The summed E-state index contributed by atoms with van der Waals surface area (Å²) in [6.07, 6.45) is 4.63. The van der Waals surface area contributed by atoms with Gasteiger partial charge in [0.1, 0.15) is 5.82 Å². The maximum Gasteiger partial charge on any atom is 0.311 e. The van der Waals surface area contributed by atoms with Crippen molar-refractivity contribution in [3.63, 3.8) is 0 Å². The van der Waals surface area contributed by atoms with E-state index in [1.165, 1.54) is 25.3 Å². The zero-order valence-electron chi connectivity index (χ0n) is 12.9. The fourth-order valence-electron chi connectivity index (χ4n) is 3.16. The van der Waals surface area contributed by atoms with E-state index in [2.05, 4.69) is 29.5 Å². The number of rotatable bonds is 5. The van der Waals surface area contributed by atoms with Gasteiger partial charge >= 0.3 is 5.69 Å². The zero-order chi connectivity index (χ0) is 15.4. The average Bonchev–Trinajstić information content (AvgIpc) is 2.47. The molecule has 0 bridgehead atoms. The first-order chi connectivity index (χ1) is 10.0. The van der Waals surface area contributed by atoms with E-state index < -0.39 is 0 Å². The van der Waals surface area contributed by atoms with Crippen LogP contribution in [0.3, 0.4) is 0 Å². The summed E-state index contributed by atoms with van der Waals surface area (Å²) in [6.45, 7) is 4.44. The molecule has 6 heteroatoms. The molecule has 116 valence electrons. The van der Waals surface area contributed by atoms with Crippen molar-refractivity contribution in [2.45, 2.75) is 45.6 Å². The molecule has 0 spiro atoms. The first kappa shape index (κ1) is 15.5. The molecule has 2 unspecified atom stereocenters. The molecule has 0 radical (unpaired) electrons. The molecule has 6 nitrogen and oxygen atoms in total. The second-order valence-electron chi connectivity index (χ2n) is 6.01. The van der Waals surface area contributed by atoms with Gasteiger partial charge in [0.25, 0.3) is 0 Å². The standard InChI is InChI=1S/C15H24N4O2/c1-10(2)11-6-4-5-7-12(11)17-15-13(19(20)21)8-9-14(16-3)18-15/h8-12H,4-7H2,1-3H3,(H2,16,17,18). The van der Waals surface area contributed by atoms with Gasteiger partial charge in [0, 0.05) is 19.2 Å². The molecule has 1 aliphatic carbocycles. The Morgan fingerprint density at radius 3 is 2.67 bits per heavy atom. The SMILES string of the molecule is CNc1ccc([N+](=O)[O-])c(NC2CCCCC2C(C)C)n1. The van der Waals surface area contributed by atoms with Gasteiger partial charge in [-0.1, -0.05) is 26.7 Å². The molecule has 2 rings (SSSR count). The lowest BCUT2D eigenvalue weighted by Gasteiger charge is -2.35.